The third kappa shape index (κ3) is 7.63. The van der Waals surface area contributed by atoms with Crippen LogP contribution in [-0.4, -0.2) is 19.8 Å². The summed E-state index contributed by atoms with van der Waals surface area (Å²) in [5, 5.41) is 8.99. The molecule has 0 saturated carbocycles. The molecule has 0 spiro atoms. The molecule has 2 aromatic rings. The van der Waals surface area contributed by atoms with Gasteiger partial charge in [0, 0.05) is 0 Å². The maximum absolute atomic E-state index is 12.5. The Morgan fingerprint density at radius 2 is 1.25 bits per heavy atom. The molecule has 0 aliphatic rings. The maximum Gasteiger partial charge on any atom is 0.264 e. The molecule has 2 aromatic carbocycles. The van der Waals surface area contributed by atoms with Crippen LogP contribution < -0.4 is 0 Å². The van der Waals surface area contributed by atoms with Crippen molar-refractivity contribution >= 4 is 10.1 Å². The highest BCUT2D eigenvalue weighted by atomic mass is 32.2. The summed E-state index contributed by atoms with van der Waals surface area (Å²) in [7, 11) is -3.48. The fraction of sp³-hybridized carbons (Fsp3) is 0.294. The number of aliphatic hydroxyl groups excluding tert-OH is 1. The van der Waals surface area contributed by atoms with Gasteiger partial charge in [-0.05, 0) is 49.2 Å². The number of benzene rings is 2. The smallest absolute Gasteiger partial charge is 0.264 e. The molecule has 4 nitrogen and oxygen atoms in total. The number of aliphatic hydroxyl groups is 1. The summed E-state index contributed by atoms with van der Waals surface area (Å²) in [5.41, 5.74) is 1.36. The minimum absolute atomic E-state index is 0.274. The van der Waals surface area contributed by atoms with Crippen molar-refractivity contribution in [3.8, 4) is 0 Å². The van der Waals surface area contributed by atoms with Crippen molar-refractivity contribution in [1.29, 1.82) is 0 Å². The quantitative estimate of drug-likeness (QED) is 0.846. The van der Waals surface area contributed by atoms with E-state index in [1.165, 1.54) is 36.4 Å². The van der Waals surface area contributed by atoms with E-state index in [0.29, 0.717) is 5.56 Å². The molecule has 0 aliphatic carbocycles. The molecule has 0 heterocycles. The van der Waals surface area contributed by atoms with E-state index in [1.54, 1.807) is 26.0 Å². The summed E-state index contributed by atoms with van der Waals surface area (Å²) in [6.45, 7) is 3.24. The molecule has 1 N–H and O–H groups in total. The lowest BCUT2D eigenvalue weighted by atomic mass is 10.1. The molecule has 0 bridgehead atoms. The molecule has 0 aromatic heterocycles. The Bertz CT molecular complexity index is 726. The number of rotatable bonds is 4. The van der Waals surface area contributed by atoms with Crippen molar-refractivity contribution in [3.05, 3.63) is 71.3 Å². The van der Waals surface area contributed by atoms with Crippen molar-refractivity contribution < 1.29 is 26.5 Å². The van der Waals surface area contributed by atoms with Crippen LogP contribution in [0.5, 0.6) is 0 Å². The van der Waals surface area contributed by atoms with Crippen LogP contribution >= 0.6 is 0 Å². The van der Waals surface area contributed by atoms with E-state index in [1.807, 2.05) is 0 Å². The second-order valence-electron chi connectivity index (χ2n) is 5.22. The van der Waals surface area contributed by atoms with E-state index in [0.717, 1.165) is 11.8 Å². The summed E-state index contributed by atoms with van der Waals surface area (Å²) < 4.78 is 51.1. The lowest BCUT2D eigenvalue weighted by molar-refractivity contribution is 0.199. The van der Waals surface area contributed by atoms with Gasteiger partial charge in [-0.2, -0.15) is 8.42 Å². The van der Waals surface area contributed by atoms with Gasteiger partial charge in [-0.1, -0.05) is 24.3 Å². The molecule has 0 radical (unpaired) electrons. The first-order valence-corrected chi connectivity index (χ1v) is 8.97. The highest BCUT2D eigenvalue weighted by Gasteiger charge is 2.12. The first-order valence-electron chi connectivity index (χ1n) is 7.15. The summed E-state index contributed by atoms with van der Waals surface area (Å²) in [6.07, 6.45) is -0.126. The molecule has 7 heteroatoms. The van der Waals surface area contributed by atoms with Gasteiger partial charge in [-0.15, -0.1) is 0 Å². The molecular weight excluding hydrogens is 338 g/mol. The summed E-state index contributed by atoms with van der Waals surface area (Å²) in [6, 6.07) is 11.3. The molecular formula is C17H20F2O4S. The minimum atomic E-state index is -3.48. The van der Waals surface area contributed by atoms with Crippen LogP contribution in [0.1, 0.15) is 37.2 Å². The SMILES string of the molecule is CC(O)c1ccc(F)cc1.CC(OS(C)(=O)=O)c1ccc(F)cc1. The molecule has 0 saturated heterocycles. The fourth-order valence-corrected chi connectivity index (χ4v) is 2.43. The van der Waals surface area contributed by atoms with Crippen LogP contribution in [-0.2, 0) is 14.3 Å². The molecule has 2 unspecified atom stereocenters. The van der Waals surface area contributed by atoms with Gasteiger partial charge in [0.25, 0.3) is 10.1 Å². The van der Waals surface area contributed by atoms with E-state index in [9.17, 15) is 17.2 Å². The lowest BCUT2D eigenvalue weighted by Gasteiger charge is -2.10. The highest BCUT2D eigenvalue weighted by Crippen LogP contribution is 2.18. The van der Waals surface area contributed by atoms with E-state index in [4.69, 9.17) is 9.29 Å². The zero-order chi connectivity index (χ0) is 18.3. The number of hydrogen-bond donors (Lipinski definition) is 1. The van der Waals surface area contributed by atoms with Crippen molar-refractivity contribution in [1.82, 2.24) is 0 Å². The van der Waals surface area contributed by atoms with E-state index < -0.39 is 22.3 Å². The average Bonchev–Trinajstić information content (AvgIpc) is 2.47. The second-order valence-corrected chi connectivity index (χ2v) is 6.82. The molecule has 2 atom stereocenters. The molecule has 0 amide bonds. The van der Waals surface area contributed by atoms with E-state index >= 15 is 0 Å². The van der Waals surface area contributed by atoms with Gasteiger partial charge in [0.05, 0.1) is 18.5 Å². The minimum Gasteiger partial charge on any atom is -0.389 e. The Kier molecular flexibility index (Phi) is 7.47. The van der Waals surface area contributed by atoms with Gasteiger partial charge in [0.1, 0.15) is 11.6 Å². The van der Waals surface area contributed by atoms with Gasteiger partial charge < -0.3 is 5.11 Å². The molecule has 0 aliphatic heterocycles. The standard InChI is InChI=1S/C9H11FO3S.C8H9FO/c1-7(13-14(2,11)12)8-3-5-9(10)6-4-8;1-6(10)7-2-4-8(9)5-3-7/h3-7H,1-2H3;2-6,10H,1H3. The first kappa shape index (κ1) is 20.2. The molecule has 24 heavy (non-hydrogen) atoms. The fourth-order valence-electron chi connectivity index (χ4n) is 1.79. The average molecular weight is 358 g/mol. The molecule has 0 fully saturated rings. The van der Waals surface area contributed by atoms with Crippen molar-refractivity contribution in [3.63, 3.8) is 0 Å². The first-order chi connectivity index (χ1) is 11.1. The Morgan fingerprint density at radius 1 is 0.875 bits per heavy atom. The zero-order valence-electron chi connectivity index (χ0n) is 13.6. The predicted molar refractivity (Wildman–Crippen MR) is 87.8 cm³/mol. The van der Waals surface area contributed by atoms with Gasteiger partial charge in [0.2, 0.25) is 0 Å². The van der Waals surface area contributed by atoms with Gasteiger partial charge in [0.15, 0.2) is 0 Å². The van der Waals surface area contributed by atoms with E-state index in [-0.39, 0.29) is 11.6 Å². The summed E-state index contributed by atoms with van der Waals surface area (Å²) >= 11 is 0. The normalized spacial score (nSPS) is 13.6. The van der Waals surface area contributed by atoms with Crippen LogP contribution in [0, 0.1) is 11.6 Å². The Morgan fingerprint density at radius 3 is 1.58 bits per heavy atom. The Labute approximate surface area is 140 Å². The predicted octanol–water partition coefficient (Wildman–Crippen LogP) is 3.74. The third-order valence-electron chi connectivity index (χ3n) is 3.01. The summed E-state index contributed by atoms with van der Waals surface area (Å²) in [5.74, 6) is -0.635. The maximum atomic E-state index is 12.5. The van der Waals surface area contributed by atoms with Crippen LogP contribution in [0.25, 0.3) is 0 Å². The number of halogens is 2. The summed E-state index contributed by atoms with van der Waals surface area (Å²) in [4.78, 5) is 0. The Hall–Kier alpha value is -1.83. The monoisotopic (exact) mass is 358 g/mol. The van der Waals surface area contributed by atoms with Gasteiger partial charge in [-0.3, -0.25) is 4.18 Å². The van der Waals surface area contributed by atoms with Crippen LogP contribution in [0.15, 0.2) is 48.5 Å². The topological polar surface area (TPSA) is 63.6 Å². The zero-order valence-corrected chi connectivity index (χ0v) is 14.4. The van der Waals surface area contributed by atoms with Gasteiger partial charge in [-0.25, -0.2) is 8.78 Å². The van der Waals surface area contributed by atoms with Crippen LogP contribution in [0.3, 0.4) is 0 Å². The van der Waals surface area contributed by atoms with Crippen molar-refractivity contribution in [2.45, 2.75) is 26.1 Å². The Balaban J connectivity index is 0.000000254. The largest absolute Gasteiger partial charge is 0.389 e. The van der Waals surface area contributed by atoms with Gasteiger partial charge >= 0.3 is 0 Å². The lowest BCUT2D eigenvalue weighted by Crippen LogP contribution is -2.07. The van der Waals surface area contributed by atoms with Crippen LogP contribution in [0.2, 0.25) is 0 Å². The van der Waals surface area contributed by atoms with Crippen LogP contribution in [0.4, 0.5) is 8.78 Å². The molecule has 2 rings (SSSR count). The highest BCUT2D eigenvalue weighted by molar-refractivity contribution is 7.86. The molecule has 132 valence electrons. The number of hydrogen-bond acceptors (Lipinski definition) is 4. The van der Waals surface area contributed by atoms with Crippen molar-refractivity contribution in [2.24, 2.45) is 0 Å². The van der Waals surface area contributed by atoms with Crippen molar-refractivity contribution in [2.75, 3.05) is 6.26 Å². The second kappa shape index (κ2) is 8.86. The third-order valence-corrected chi connectivity index (χ3v) is 3.65. The van der Waals surface area contributed by atoms with E-state index in [2.05, 4.69) is 0 Å².